The number of benzene rings is 2. The smallest absolute Gasteiger partial charge is 0.134 e. The molecule has 2 aromatic carbocycles. The third-order valence-electron chi connectivity index (χ3n) is 3.81. The summed E-state index contributed by atoms with van der Waals surface area (Å²) in [6.07, 6.45) is 1.85. The fourth-order valence-corrected chi connectivity index (χ4v) is 2.62. The van der Waals surface area contributed by atoms with Gasteiger partial charge in [-0.3, -0.25) is 0 Å². The zero-order chi connectivity index (χ0) is 13.9. The summed E-state index contributed by atoms with van der Waals surface area (Å²) in [4.78, 5) is 0. The average molecular weight is 265 g/mol. The van der Waals surface area contributed by atoms with Crippen molar-refractivity contribution in [1.29, 1.82) is 0 Å². The molecule has 1 atom stereocenters. The molecule has 0 aliphatic carbocycles. The molecule has 0 saturated heterocycles. The highest BCUT2D eigenvalue weighted by atomic mass is 16.3. The maximum Gasteiger partial charge on any atom is 0.134 e. The summed E-state index contributed by atoms with van der Waals surface area (Å²) in [5, 5.41) is 4.77. The zero-order valence-electron chi connectivity index (χ0n) is 11.9. The van der Waals surface area contributed by atoms with Crippen molar-refractivity contribution < 1.29 is 4.42 Å². The van der Waals surface area contributed by atoms with Gasteiger partial charge in [0, 0.05) is 23.5 Å². The van der Waals surface area contributed by atoms with Gasteiger partial charge in [-0.05, 0) is 31.0 Å². The maximum atomic E-state index is 5.57. The van der Waals surface area contributed by atoms with Crippen LogP contribution in [0.1, 0.15) is 29.7 Å². The molecule has 0 aliphatic heterocycles. The predicted molar refractivity (Wildman–Crippen MR) is 82.6 cm³/mol. The van der Waals surface area contributed by atoms with Crippen molar-refractivity contribution in [2.24, 2.45) is 0 Å². The first-order valence-electron chi connectivity index (χ1n) is 7.00. The SMILES string of the molecule is Cc1ccccc1[C@H](C)NCc1coc2ccccc12. The van der Waals surface area contributed by atoms with Crippen LogP contribution in [-0.4, -0.2) is 0 Å². The lowest BCUT2D eigenvalue weighted by Gasteiger charge is -2.16. The highest BCUT2D eigenvalue weighted by Gasteiger charge is 2.09. The molecule has 0 aliphatic rings. The second-order valence-corrected chi connectivity index (χ2v) is 5.22. The fraction of sp³-hybridized carbons (Fsp3) is 0.222. The first-order valence-corrected chi connectivity index (χ1v) is 7.00. The van der Waals surface area contributed by atoms with E-state index in [-0.39, 0.29) is 0 Å². The summed E-state index contributed by atoms with van der Waals surface area (Å²) >= 11 is 0. The van der Waals surface area contributed by atoms with E-state index in [4.69, 9.17) is 4.42 Å². The van der Waals surface area contributed by atoms with Crippen molar-refractivity contribution in [2.75, 3.05) is 0 Å². The van der Waals surface area contributed by atoms with E-state index >= 15 is 0 Å². The van der Waals surface area contributed by atoms with E-state index in [1.165, 1.54) is 22.1 Å². The standard InChI is InChI=1S/C18H19NO/c1-13-7-3-4-8-16(13)14(2)19-11-15-12-20-18-10-6-5-9-17(15)18/h3-10,12,14,19H,11H2,1-2H3/t14-/m0/s1. The first-order chi connectivity index (χ1) is 9.75. The number of nitrogens with one attached hydrogen (secondary N) is 1. The molecule has 0 amide bonds. The molecule has 1 heterocycles. The Balaban J connectivity index is 1.75. The third kappa shape index (κ3) is 2.47. The molecular weight excluding hydrogens is 246 g/mol. The lowest BCUT2D eigenvalue weighted by molar-refractivity contribution is 0.560. The zero-order valence-corrected chi connectivity index (χ0v) is 11.9. The molecule has 0 radical (unpaired) electrons. The number of fused-ring (bicyclic) bond motifs is 1. The van der Waals surface area contributed by atoms with E-state index in [9.17, 15) is 0 Å². The van der Waals surface area contributed by atoms with Crippen molar-refractivity contribution in [3.63, 3.8) is 0 Å². The van der Waals surface area contributed by atoms with Crippen molar-refractivity contribution in [3.8, 4) is 0 Å². The van der Waals surface area contributed by atoms with Gasteiger partial charge in [-0.2, -0.15) is 0 Å². The Kier molecular flexibility index (Phi) is 3.57. The Hall–Kier alpha value is -2.06. The van der Waals surface area contributed by atoms with Gasteiger partial charge in [0.1, 0.15) is 5.58 Å². The van der Waals surface area contributed by atoms with E-state index in [1.54, 1.807) is 0 Å². The maximum absolute atomic E-state index is 5.57. The lowest BCUT2D eigenvalue weighted by atomic mass is 10.0. The van der Waals surface area contributed by atoms with Crippen LogP contribution in [0.5, 0.6) is 0 Å². The Labute approximate surface area is 119 Å². The van der Waals surface area contributed by atoms with Gasteiger partial charge in [0.05, 0.1) is 6.26 Å². The van der Waals surface area contributed by atoms with E-state index < -0.39 is 0 Å². The Bertz CT molecular complexity index is 714. The molecule has 20 heavy (non-hydrogen) atoms. The number of para-hydroxylation sites is 1. The summed E-state index contributed by atoms with van der Waals surface area (Å²) in [5.41, 5.74) is 4.83. The number of furan rings is 1. The fourth-order valence-electron chi connectivity index (χ4n) is 2.62. The first kappa shape index (κ1) is 12.9. The molecule has 0 fully saturated rings. The monoisotopic (exact) mass is 265 g/mol. The van der Waals surface area contributed by atoms with Crippen molar-refractivity contribution in [2.45, 2.75) is 26.4 Å². The van der Waals surface area contributed by atoms with Crippen molar-refractivity contribution >= 4 is 11.0 Å². The van der Waals surface area contributed by atoms with Crippen LogP contribution in [0.3, 0.4) is 0 Å². The largest absolute Gasteiger partial charge is 0.464 e. The minimum Gasteiger partial charge on any atom is -0.464 e. The van der Waals surface area contributed by atoms with Crippen LogP contribution in [0.4, 0.5) is 0 Å². The topological polar surface area (TPSA) is 25.2 Å². The minimum atomic E-state index is 0.324. The van der Waals surface area contributed by atoms with Crippen molar-refractivity contribution in [1.82, 2.24) is 5.32 Å². The van der Waals surface area contributed by atoms with Gasteiger partial charge in [-0.15, -0.1) is 0 Å². The number of aryl methyl sites for hydroxylation is 1. The molecule has 0 bridgehead atoms. The second-order valence-electron chi connectivity index (χ2n) is 5.22. The third-order valence-corrected chi connectivity index (χ3v) is 3.81. The summed E-state index contributed by atoms with van der Waals surface area (Å²) in [6, 6.07) is 17.0. The van der Waals surface area contributed by atoms with E-state index in [0.29, 0.717) is 6.04 Å². The summed E-state index contributed by atoms with van der Waals surface area (Å²) in [7, 11) is 0. The van der Waals surface area contributed by atoms with Gasteiger partial charge in [0.25, 0.3) is 0 Å². The summed E-state index contributed by atoms with van der Waals surface area (Å²) in [5.74, 6) is 0. The second kappa shape index (κ2) is 5.51. The van der Waals surface area contributed by atoms with Crippen LogP contribution >= 0.6 is 0 Å². The van der Waals surface area contributed by atoms with E-state index in [1.807, 2.05) is 24.5 Å². The van der Waals surface area contributed by atoms with Crippen LogP contribution < -0.4 is 5.32 Å². The van der Waals surface area contributed by atoms with Crippen LogP contribution in [-0.2, 0) is 6.54 Å². The number of hydrogen-bond acceptors (Lipinski definition) is 2. The quantitative estimate of drug-likeness (QED) is 0.746. The van der Waals surface area contributed by atoms with E-state index in [0.717, 1.165) is 12.1 Å². The van der Waals surface area contributed by atoms with Gasteiger partial charge in [-0.1, -0.05) is 42.5 Å². The molecular formula is C18H19NO. The molecule has 1 N–H and O–H groups in total. The molecule has 3 aromatic rings. The van der Waals surface area contributed by atoms with Gasteiger partial charge < -0.3 is 9.73 Å². The molecule has 1 aromatic heterocycles. The number of hydrogen-bond donors (Lipinski definition) is 1. The van der Waals surface area contributed by atoms with Crippen LogP contribution in [0.2, 0.25) is 0 Å². The minimum absolute atomic E-state index is 0.324. The predicted octanol–water partition coefficient (Wildman–Crippen LogP) is 4.59. The Morgan fingerprint density at radius 3 is 2.65 bits per heavy atom. The van der Waals surface area contributed by atoms with Crippen LogP contribution in [0, 0.1) is 6.92 Å². The van der Waals surface area contributed by atoms with Gasteiger partial charge >= 0.3 is 0 Å². The van der Waals surface area contributed by atoms with Crippen LogP contribution in [0.25, 0.3) is 11.0 Å². The van der Waals surface area contributed by atoms with Gasteiger partial charge in [0.2, 0.25) is 0 Å². The number of rotatable bonds is 4. The summed E-state index contributed by atoms with van der Waals surface area (Å²) in [6.45, 7) is 5.16. The van der Waals surface area contributed by atoms with Gasteiger partial charge in [0.15, 0.2) is 0 Å². The average Bonchev–Trinajstić information content (AvgIpc) is 2.88. The highest BCUT2D eigenvalue weighted by molar-refractivity contribution is 5.80. The normalized spacial score (nSPS) is 12.7. The molecule has 0 saturated carbocycles. The highest BCUT2D eigenvalue weighted by Crippen LogP contribution is 2.22. The molecule has 2 nitrogen and oxygen atoms in total. The van der Waals surface area contributed by atoms with Gasteiger partial charge in [-0.25, -0.2) is 0 Å². The van der Waals surface area contributed by atoms with Crippen LogP contribution in [0.15, 0.2) is 59.2 Å². The van der Waals surface area contributed by atoms with Crippen molar-refractivity contribution in [3.05, 3.63) is 71.5 Å². The molecule has 0 spiro atoms. The lowest BCUT2D eigenvalue weighted by Crippen LogP contribution is -2.18. The molecule has 3 rings (SSSR count). The molecule has 0 unspecified atom stereocenters. The Morgan fingerprint density at radius 1 is 1.05 bits per heavy atom. The summed E-state index contributed by atoms with van der Waals surface area (Å²) < 4.78 is 5.57. The molecule has 2 heteroatoms. The molecule has 102 valence electrons. The Morgan fingerprint density at radius 2 is 1.80 bits per heavy atom. The van der Waals surface area contributed by atoms with E-state index in [2.05, 4.69) is 49.5 Å².